The Balaban J connectivity index is 1.84. The number of carbonyl (C=O) groups excluding carboxylic acids is 1. The molecule has 0 aliphatic rings. The van der Waals surface area contributed by atoms with Gasteiger partial charge in [0.15, 0.2) is 0 Å². The summed E-state index contributed by atoms with van der Waals surface area (Å²) in [6.45, 7) is 1.67. The first-order chi connectivity index (χ1) is 12.4. The highest BCUT2D eigenvalue weighted by Gasteiger charge is 2.13. The van der Waals surface area contributed by atoms with E-state index in [1.165, 1.54) is 12.1 Å². The zero-order chi connectivity index (χ0) is 18.7. The van der Waals surface area contributed by atoms with E-state index < -0.39 is 17.5 Å². The number of hydrogen-bond donors (Lipinski definition) is 2. The number of amides is 1. The summed E-state index contributed by atoms with van der Waals surface area (Å²) >= 11 is 5.89. The van der Waals surface area contributed by atoms with Crippen LogP contribution in [-0.4, -0.2) is 15.9 Å². The third-order valence-corrected chi connectivity index (χ3v) is 3.58. The Bertz CT molecular complexity index is 981. The number of nitrogens with zero attached hydrogens (tertiary/aromatic N) is 2. The van der Waals surface area contributed by atoms with Crippen molar-refractivity contribution in [2.75, 3.05) is 10.6 Å². The molecule has 0 spiro atoms. The first-order valence-electron chi connectivity index (χ1n) is 7.55. The fourth-order valence-corrected chi connectivity index (χ4v) is 2.40. The molecule has 1 amide bonds. The van der Waals surface area contributed by atoms with Crippen LogP contribution in [0.3, 0.4) is 0 Å². The molecule has 2 aromatic carbocycles. The van der Waals surface area contributed by atoms with Gasteiger partial charge in [0, 0.05) is 22.5 Å². The Morgan fingerprint density at radius 1 is 1.08 bits per heavy atom. The molecule has 1 heterocycles. The third kappa shape index (κ3) is 4.31. The highest BCUT2D eigenvalue weighted by Crippen LogP contribution is 2.20. The van der Waals surface area contributed by atoms with Gasteiger partial charge in [0.1, 0.15) is 17.3 Å². The number of aromatic nitrogens is 2. The second kappa shape index (κ2) is 7.45. The SMILES string of the molecule is Cc1cc(C(=O)Nc2cccc(Cl)c2)nc(Nc2ccc(F)cc2F)n1. The highest BCUT2D eigenvalue weighted by molar-refractivity contribution is 6.30. The maximum atomic E-state index is 13.8. The summed E-state index contributed by atoms with van der Waals surface area (Å²) in [5.74, 6) is -1.94. The Kier molecular flexibility index (Phi) is 5.09. The van der Waals surface area contributed by atoms with E-state index in [1.54, 1.807) is 31.2 Å². The number of halogens is 3. The number of anilines is 3. The van der Waals surface area contributed by atoms with E-state index in [4.69, 9.17) is 11.6 Å². The first-order valence-corrected chi connectivity index (χ1v) is 7.93. The molecule has 2 N–H and O–H groups in total. The highest BCUT2D eigenvalue weighted by atomic mass is 35.5. The zero-order valence-electron chi connectivity index (χ0n) is 13.6. The van der Waals surface area contributed by atoms with E-state index in [0.29, 0.717) is 16.4 Å². The van der Waals surface area contributed by atoms with Crippen molar-refractivity contribution in [3.8, 4) is 0 Å². The van der Waals surface area contributed by atoms with Crippen LogP contribution in [0.5, 0.6) is 0 Å². The van der Waals surface area contributed by atoms with Crippen molar-refractivity contribution in [2.24, 2.45) is 0 Å². The second-order valence-corrected chi connectivity index (χ2v) is 5.87. The number of aryl methyl sites for hydroxylation is 1. The van der Waals surface area contributed by atoms with Crippen LogP contribution >= 0.6 is 11.6 Å². The van der Waals surface area contributed by atoms with Crippen LogP contribution in [-0.2, 0) is 0 Å². The van der Waals surface area contributed by atoms with Gasteiger partial charge in [0.2, 0.25) is 5.95 Å². The van der Waals surface area contributed by atoms with Gasteiger partial charge >= 0.3 is 0 Å². The third-order valence-electron chi connectivity index (χ3n) is 3.35. The van der Waals surface area contributed by atoms with Crippen LogP contribution in [0, 0.1) is 18.6 Å². The minimum absolute atomic E-state index is 0.00167. The molecule has 8 heteroatoms. The molecule has 0 radical (unpaired) electrons. The van der Waals surface area contributed by atoms with Crippen LogP contribution < -0.4 is 10.6 Å². The average Bonchev–Trinajstić information content (AvgIpc) is 2.57. The summed E-state index contributed by atoms with van der Waals surface area (Å²) in [7, 11) is 0. The standard InChI is InChI=1S/C18H13ClF2N4O/c1-10-7-16(17(26)23-13-4-2-3-11(19)8-13)25-18(22-10)24-15-6-5-12(20)9-14(15)21/h2-9H,1H3,(H,23,26)(H,22,24,25). The molecule has 0 bridgehead atoms. The lowest BCUT2D eigenvalue weighted by Gasteiger charge is -2.10. The summed E-state index contributed by atoms with van der Waals surface area (Å²) in [5, 5.41) is 5.80. The van der Waals surface area contributed by atoms with Crippen LogP contribution in [0.4, 0.5) is 26.1 Å². The van der Waals surface area contributed by atoms with Crippen LogP contribution in [0.1, 0.15) is 16.2 Å². The largest absolute Gasteiger partial charge is 0.322 e. The molecule has 1 aromatic heterocycles. The minimum atomic E-state index is -0.792. The van der Waals surface area contributed by atoms with Gasteiger partial charge in [-0.1, -0.05) is 17.7 Å². The first kappa shape index (κ1) is 17.8. The van der Waals surface area contributed by atoms with Gasteiger partial charge in [-0.3, -0.25) is 4.79 Å². The fraction of sp³-hybridized carbons (Fsp3) is 0.0556. The molecule has 132 valence electrons. The van der Waals surface area contributed by atoms with Gasteiger partial charge in [-0.15, -0.1) is 0 Å². The van der Waals surface area contributed by atoms with Crippen molar-refractivity contribution in [1.29, 1.82) is 0 Å². The smallest absolute Gasteiger partial charge is 0.274 e. The van der Waals surface area contributed by atoms with Crippen LogP contribution in [0.25, 0.3) is 0 Å². The van der Waals surface area contributed by atoms with Gasteiger partial charge in [-0.25, -0.2) is 18.7 Å². The van der Waals surface area contributed by atoms with Gasteiger partial charge in [0.25, 0.3) is 5.91 Å². The summed E-state index contributed by atoms with van der Waals surface area (Å²) in [6, 6.07) is 11.2. The molecule has 3 aromatic rings. The Labute approximate surface area is 153 Å². The van der Waals surface area contributed by atoms with Crippen molar-refractivity contribution in [3.63, 3.8) is 0 Å². The molecular weight excluding hydrogens is 362 g/mol. The minimum Gasteiger partial charge on any atom is -0.322 e. The molecular formula is C18H13ClF2N4O. The molecule has 0 saturated carbocycles. The zero-order valence-corrected chi connectivity index (χ0v) is 14.3. The lowest BCUT2D eigenvalue weighted by Crippen LogP contribution is -2.15. The van der Waals surface area contributed by atoms with Crippen LogP contribution in [0.2, 0.25) is 5.02 Å². The number of benzene rings is 2. The summed E-state index contributed by atoms with van der Waals surface area (Å²) in [5.41, 5.74) is 1.10. The average molecular weight is 375 g/mol. The Morgan fingerprint density at radius 3 is 2.62 bits per heavy atom. The van der Waals surface area contributed by atoms with Crippen molar-refractivity contribution in [1.82, 2.24) is 9.97 Å². The lowest BCUT2D eigenvalue weighted by atomic mass is 10.2. The van der Waals surface area contributed by atoms with E-state index in [1.807, 2.05) is 0 Å². The molecule has 0 atom stereocenters. The topological polar surface area (TPSA) is 66.9 Å². The summed E-state index contributed by atoms with van der Waals surface area (Å²) < 4.78 is 26.8. The molecule has 26 heavy (non-hydrogen) atoms. The van der Waals surface area contributed by atoms with Crippen molar-refractivity contribution >= 4 is 34.8 Å². The molecule has 0 unspecified atom stereocenters. The predicted octanol–water partition coefficient (Wildman–Crippen LogP) is 4.71. The van der Waals surface area contributed by atoms with E-state index in [-0.39, 0.29) is 17.3 Å². The van der Waals surface area contributed by atoms with Crippen molar-refractivity contribution in [2.45, 2.75) is 6.92 Å². The molecule has 0 saturated heterocycles. The predicted molar refractivity (Wildman–Crippen MR) is 95.8 cm³/mol. The summed E-state index contributed by atoms with van der Waals surface area (Å²) in [4.78, 5) is 20.6. The van der Waals surface area contributed by atoms with E-state index >= 15 is 0 Å². The quantitative estimate of drug-likeness (QED) is 0.694. The Morgan fingerprint density at radius 2 is 1.88 bits per heavy atom. The molecule has 0 aliphatic carbocycles. The molecule has 5 nitrogen and oxygen atoms in total. The van der Waals surface area contributed by atoms with Crippen molar-refractivity contribution < 1.29 is 13.6 Å². The Hall–Kier alpha value is -3.06. The number of nitrogens with one attached hydrogen (secondary N) is 2. The second-order valence-electron chi connectivity index (χ2n) is 5.43. The van der Waals surface area contributed by atoms with E-state index in [9.17, 15) is 13.6 Å². The van der Waals surface area contributed by atoms with Gasteiger partial charge in [0.05, 0.1) is 5.69 Å². The van der Waals surface area contributed by atoms with E-state index in [2.05, 4.69) is 20.6 Å². The van der Waals surface area contributed by atoms with Crippen molar-refractivity contribution in [3.05, 3.63) is 76.6 Å². The maximum Gasteiger partial charge on any atom is 0.274 e. The van der Waals surface area contributed by atoms with E-state index in [0.717, 1.165) is 12.1 Å². The summed E-state index contributed by atoms with van der Waals surface area (Å²) in [6.07, 6.45) is 0. The van der Waals surface area contributed by atoms with Gasteiger partial charge < -0.3 is 10.6 Å². The monoisotopic (exact) mass is 374 g/mol. The fourth-order valence-electron chi connectivity index (χ4n) is 2.21. The lowest BCUT2D eigenvalue weighted by molar-refractivity contribution is 0.102. The maximum absolute atomic E-state index is 13.8. The van der Waals surface area contributed by atoms with Gasteiger partial charge in [-0.05, 0) is 43.3 Å². The molecule has 0 aliphatic heterocycles. The van der Waals surface area contributed by atoms with Gasteiger partial charge in [-0.2, -0.15) is 0 Å². The van der Waals surface area contributed by atoms with Crippen LogP contribution in [0.15, 0.2) is 48.5 Å². The molecule has 3 rings (SSSR count). The normalized spacial score (nSPS) is 10.5. The number of carbonyl (C=O) groups is 1. The number of hydrogen-bond acceptors (Lipinski definition) is 4. The molecule has 0 fully saturated rings. The number of rotatable bonds is 4.